The molecule has 1 aliphatic heterocycles. The monoisotopic (exact) mass is 156 g/mol. The topological polar surface area (TPSA) is 32.3 Å². The minimum absolute atomic E-state index is 0.164. The fourth-order valence-electron chi connectivity index (χ4n) is 1.51. The second kappa shape index (κ2) is 3.72. The Morgan fingerprint density at radius 2 is 2.45 bits per heavy atom. The van der Waals surface area contributed by atoms with Crippen LogP contribution in [-0.2, 0) is 4.79 Å². The van der Waals surface area contributed by atoms with Crippen molar-refractivity contribution in [2.75, 3.05) is 19.6 Å². The van der Waals surface area contributed by atoms with E-state index in [1.807, 2.05) is 6.92 Å². The van der Waals surface area contributed by atoms with Crippen molar-refractivity contribution >= 4 is 5.91 Å². The van der Waals surface area contributed by atoms with Crippen LogP contribution in [0.1, 0.15) is 20.3 Å². The van der Waals surface area contributed by atoms with Crippen LogP contribution in [-0.4, -0.2) is 36.5 Å². The summed E-state index contributed by atoms with van der Waals surface area (Å²) >= 11 is 0. The highest BCUT2D eigenvalue weighted by Gasteiger charge is 2.19. The van der Waals surface area contributed by atoms with E-state index in [1.165, 1.54) is 0 Å². The third kappa shape index (κ3) is 2.50. The fourth-order valence-corrected chi connectivity index (χ4v) is 1.51. The van der Waals surface area contributed by atoms with E-state index < -0.39 is 0 Å². The molecule has 0 aliphatic carbocycles. The third-order valence-corrected chi connectivity index (χ3v) is 1.85. The van der Waals surface area contributed by atoms with Gasteiger partial charge < -0.3 is 5.32 Å². The van der Waals surface area contributed by atoms with Crippen LogP contribution in [0.3, 0.4) is 0 Å². The van der Waals surface area contributed by atoms with Gasteiger partial charge in [-0.25, -0.2) is 0 Å². The number of nitrogens with one attached hydrogen (secondary N) is 1. The number of carbonyl (C=O) groups is 1. The van der Waals surface area contributed by atoms with Crippen LogP contribution in [0, 0.1) is 0 Å². The molecule has 0 bridgehead atoms. The molecule has 0 radical (unpaired) electrons. The van der Waals surface area contributed by atoms with Gasteiger partial charge in [-0.1, -0.05) is 6.92 Å². The maximum Gasteiger partial charge on any atom is 0.234 e. The maximum atomic E-state index is 11.0. The van der Waals surface area contributed by atoms with Crippen molar-refractivity contribution in [3.05, 3.63) is 0 Å². The van der Waals surface area contributed by atoms with E-state index in [9.17, 15) is 4.79 Å². The summed E-state index contributed by atoms with van der Waals surface area (Å²) in [6, 6.07) is 0.322. The Balaban J connectivity index is 2.36. The Morgan fingerprint density at radius 1 is 1.73 bits per heavy atom. The first-order valence-electron chi connectivity index (χ1n) is 4.24. The minimum atomic E-state index is 0.164. The molecular formula is C8H16N2O. The van der Waals surface area contributed by atoms with Crippen molar-refractivity contribution < 1.29 is 4.79 Å². The summed E-state index contributed by atoms with van der Waals surface area (Å²) in [7, 11) is 0. The van der Waals surface area contributed by atoms with Gasteiger partial charge in [0, 0.05) is 12.6 Å². The lowest BCUT2D eigenvalue weighted by Crippen LogP contribution is -2.52. The smallest absolute Gasteiger partial charge is 0.234 e. The maximum absolute atomic E-state index is 11.0. The molecule has 1 aliphatic rings. The molecule has 1 fully saturated rings. The molecule has 3 heteroatoms. The molecule has 3 nitrogen and oxygen atoms in total. The van der Waals surface area contributed by atoms with Crippen molar-refractivity contribution in [2.24, 2.45) is 0 Å². The van der Waals surface area contributed by atoms with Gasteiger partial charge in [0.1, 0.15) is 0 Å². The Morgan fingerprint density at radius 3 is 3.00 bits per heavy atom. The Kier molecular flexibility index (Phi) is 2.88. The summed E-state index contributed by atoms with van der Waals surface area (Å²) in [4.78, 5) is 13.2. The van der Waals surface area contributed by atoms with Crippen LogP contribution >= 0.6 is 0 Å². The van der Waals surface area contributed by atoms with Crippen molar-refractivity contribution in [1.82, 2.24) is 10.2 Å². The van der Waals surface area contributed by atoms with Gasteiger partial charge in [-0.05, 0) is 19.9 Å². The number of nitrogens with zero attached hydrogens (tertiary/aromatic N) is 1. The molecule has 1 heterocycles. The van der Waals surface area contributed by atoms with Gasteiger partial charge in [-0.2, -0.15) is 0 Å². The second-order valence-electron chi connectivity index (χ2n) is 3.20. The molecular weight excluding hydrogens is 140 g/mol. The van der Waals surface area contributed by atoms with E-state index in [-0.39, 0.29) is 5.91 Å². The minimum Gasteiger partial charge on any atom is -0.351 e. The van der Waals surface area contributed by atoms with Crippen molar-refractivity contribution in [3.63, 3.8) is 0 Å². The molecule has 1 rings (SSSR count). The quantitative estimate of drug-likeness (QED) is 0.620. The molecule has 1 saturated heterocycles. The number of rotatable bonds is 2. The lowest BCUT2D eigenvalue weighted by Gasteiger charge is -2.30. The summed E-state index contributed by atoms with van der Waals surface area (Å²) in [6.45, 7) is 6.80. The predicted octanol–water partition coefficient (Wildman–Crippen LogP) is 0.217. The summed E-state index contributed by atoms with van der Waals surface area (Å²) in [5, 5.41) is 2.89. The van der Waals surface area contributed by atoms with Crippen LogP contribution in [0.4, 0.5) is 0 Å². The molecule has 0 aromatic heterocycles. The Bertz CT molecular complexity index is 147. The molecule has 0 spiro atoms. The van der Waals surface area contributed by atoms with Crippen molar-refractivity contribution in [2.45, 2.75) is 26.3 Å². The molecule has 0 aromatic carbocycles. The summed E-state index contributed by atoms with van der Waals surface area (Å²) in [5.41, 5.74) is 0. The summed E-state index contributed by atoms with van der Waals surface area (Å²) < 4.78 is 0. The first kappa shape index (κ1) is 8.53. The Hall–Kier alpha value is -0.570. The number of piperazine rings is 1. The van der Waals surface area contributed by atoms with E-state index in [4.69, 9.17) is 0 Å². The number of hydrogen-bond acceptors (Lipinski definition) is 2. The highest BCUT2D eigenvalue weighted by molar-refractivity contribution is 5.79. The zero-order valence-corrected chi connectivity index (χ0v) is 7.26. The molecule has 11 heavy (non-hydrogen) atoms. The first-order valence-corrected chi connectivity index (χ1v) is 4.24. The predicted molar refractivity (Wildman–Crippen MR) is 44.3 cm³/mol. The van der Waals surface area contributed by atoms with E-state index in [0.717, 1.165) is 19.5 Å². The van der Waals surface area contributed by atoms with E-state index in [1.54, 1.807) is 0 Å². The second-order valence-corrected chi connectivity index (χ2v) is 3.20. The van der Waals surface area contributed by atoms with Gasteiger partial charge >= 0.3 is 0 Å². The zero-order valence-electron chi connectivity index (χ0n) is 7.26. The molecule has 1 atom stereocenters. The Labute approximate surface area is 67.8 Å². The standard InChI is InChI=1S/C8H16N2O/c1-3-4-10-5-7(2)9-8(11)6-10/h7H,3-6H2,1-2H3,(H,9,11). The van der Waals surface area contributed by atoms with Crippen LogP contribution in [0.5, 0.6) is 0 Å². The van der Waals surface area contributed by atoms with Gasteiger partial charge in [-0.3, -0.25) is 9.69 Å². The van der Waals surface area contributed by atoms with Gasteiger partial charge in [0.25, 0.3) is 0 Å². The van der Waals surface area contributed by atoms with Crippen molar-refractivity contribution in [1.29, 1.82) is 0 Å². The average Bonchev–Trinajstić information content (AvgIpc) is 1.85. The van der Waals surface area contributed by atoms with Crippen LogP contribution in [0.25, 0.3) is 0 Å². The number of amides is 1. The van der Waals surface area contributed by atoms with Gasteiger partial charge in [0.05, 0.1) is 6.54 Å². The largest absolute Gasteiger partial charge is 0.351 e. The lowest BCUT2D eigenvalue weighted by atomic mass is 10.2. The summed E-state index contributed by atoms with van der Waals surface area (Å²) in [5.74, 6) is 0.164. The SMILES string of the molecule is CCCN1CC(=O)NC(C)C1. The molecule has 1 N–H and O–H groups in total. The van der Waals surface area contributed by atoms with Gasteiger partial charge in [0.15, 0.2) is 0 Å². The third-order valence-electron chi connectivity index (χ3n) is 1.85. The van der Waals surface area contributed by atoms with E-state index in [0.29, 0.717) is 12.6 Å². The normalized spacial score (nSPS) is 26.7. The average molecular weight is 156 g/mol. The summed E-state index contributed by atoms with van der Waals surface area (Å²) in [6.07, 6.45) is 1.12. The fraction of sp³-hybridized carbons (Fsp3) is 0.875. The van der Waals surface area contributed by atoms with E-state index >= 15 is 0 Å². The molecule has 1 amide bonds. The number of carbonyl (C=O) groups excluding carboxylic acids is 1. The highest BCUT2D eigenvalue weighted by Crippen LogP contribution is 1.99. The van der Waals surface area contributed by atoms with Crippen molar-refractivity contribution in [3.8, 4) is 0 Å². The molecule has 1 unspecified atom stereocenters. The highest BCUT2D eigenvalue weighted by atomic mass is 16.2. The molecule has 0 aromatic rings. The van der Waals surface area contributed by atoms with Crippen LogP contribution in [0.15, 0.2) is 0 Å². The zero-order chi connectivity index (χ0) is 8.27. The molecule has 64 valence electrons. The van der Waals surface area contributed by atoms with Crippen LogP contribution in [0.2, 0.25) is 0 Å². The van der Waals surface area contributed by atoms with Crippen LogP contribution < -0.4 is 5.32 Å². The first-order chi connectivity index (χ1) is 5.22. The number of hydrogen-bond donors (Lipinski definition) is 1. The molecule has 0 saturated carbocycles. The lowest BCUT2D eigenvalue weighted by molar-refractivity contribution is -0.125. The van der Waals surface area contributed by atoms with Gasteiger partial charge in [-0.15, -0.1) is 0 Å². The van der Waals surface area contributed by atoms with E-state index in [2.05, 4.69) is 17.1 Å². The van der Waals surface area contributed by atoms with Gasteiger partial charge in [0.2, 0.25) is 5.91 Å².